The van der Waals surface area contributed by atoms with E-state index in [1.807, 2.05) is 0 Å². The minimum absolute atomic E-state index is 0.000296. The highest BCUT2D eigenvalue weighted by molar-refractivity contribution is 5.86. The summed E-state index contributed by atoms with van der Waals surface area (Å²) in [5.74, 6) is 1.16. The fourth-order valence-electron chi connectivity index (χ4n) is 15.0. The summed E-state index contributed by atoms with van der Waals surface area (Å²) < 4.78 is 6.17. The number of hydrogen-bond donors (Lipinski definition) is 2. The molecule has 1 saturated heterocycles. The van der Waals surface area contributed by atoms with E-state index in [2.05, 4.69) is 58.7 Å². The van der Waals surface area contributed by atoms with Crippen molar-refractivity contribution in [2.24, 2.45) is 67.5 Å². The van der Waals surface area contributed by atoms with Crippen molar-refractivity contribution in [3.8, 4) is 0 Å². The molecule has 0 aromatic carbocycles. The Kier molecular flexibility index (Phi) is 9.57. The molecule has 53 heavy (non-hydrogen) atoms. The molecule has 11 atom stereocenters. The van der Waals surface area contributed by atoms with Gasteiger partial charge in [0.1, 0.15) is 6.10 Å². The molecule has 7 rings (SSSR count). The molecule has 1 heterocycles. The number of piperidine rings is 1. The SMILES string of the molecule is CC(C)(CC(=O)OC1CCC2(C)C(CCC3(C)C2CCC2C4CCCC4(C(=O)NC4CC(C(=O)N5CCCCC5)C4(C)C)CCC23C)C1(C)C)C(=O)O. The first-order chi connectivity index (χ1) is 24.6. The Bertz CT molecular complexity index is 1500. The second kappa shape index (κ2) is 13.0. The average molecular weight is 737 g/mol. The number of amides is 2. The molecular formula is C45H72N2O6. The molecule has 6 saturated carbocycles. The molecule has 0 bridgehead atoms. The molecule has 0 radical (unpaired) electrons. The van der Waals surface area contributed by atoms with Gasteiger partial charge in [0, 0.05) is 30.5 Å². The first kappa shape index (κ1) is 39.1. The summed E-state index contributed by atoms with van der Waals surface area (Å²) in [5, 5.41) is 13.2. The van der Waals surface area contributed by atoms with Crippen molar-refractivity contribution < 1.29 is 29.0 Å². The summed E-state index contributed by atoms with van der Waals surface area (Å²) in [4.78, 5) is 55.1. The van der Waals surface area contributed by atoms with Gasteiger partial charge in [-0.05, 0) is 149 Å². The third-order valence-corrected chi connectivity index (χ3v) is 18.7. The number of ether oxygens (including phenoxy) is 1. The lowest BCUT2D eigenvalue weighted by Gasteiger charge is -2.72. The fraction of sp³-hybridized carbons (Fsp3) is 0.911. The van der Waals surface area contributed by atoms with Crippen molar-refractivity contribution >= 4 is 23.8 Å². The number of aliphatic carboxylic acids is 1. The van der Waals surface area contributed by atoms with E-state index in [0.29, 0.717) is 29.6 Å². The van der Waals surface area contributed by atoms with Crippen molar-refractivity contribution in [1.82, 2.24) is 10.2 Å². The van der Waals surface area contributed by atoms with Gasteiger partial charge in [-0.2, -0.15) is 0 Å². The number of nitrogens with zero attached hydrogens (tertiary/aromatic N) is 1. The zero-order valence-electron chi connectivity index (χ0n) is 34.7. The third kappa shape index (κ3) is 5.76. The molecule has 11 unspecified atom stereocenters. The van der Waals surface area contributed by atoms with Crippen molar-refractivity contribution in [2.45, 2.75) is 177 Å². The maximum atomic E-state index is 14.7. The standard InChI is InChI=1S/C45H72N2O6/c1-39(2,38(51)52)27-35(48)53-34-18-20-42(7)31(41(34,5)6)17-21-44(9)32(42)16-15-28-29-14-13-19-45(29,23-22-43(28,44)8)37(50)46-33-26-30(40(33,3)4)36(49)47-24-11-10-12-25-47/h28-34H,10-27H2,1-9H3,(H,46,50)(H,51,52). The molecule has 0 aromatic heterocycles. The normalized spacial score (nSPS) is 44.2. The van der Waals surface area contributed by atoms with E-state index in [0.717, 1.165) is 90.1 Å². The highest BCUT2D eigenvalue weighted by Gasteiger charge is 2.71. The summed E-state index contributed by atoms with van der Waals surface area (Å²) in [7, 11) is 0. The van der Waals surface area contributed by atoms with E-state index < -0.39 is 17.4 Å². The maximum absolute atomic E-state index is 14.7. The first-order valence-corrected chi connectivity index (χ1v) is 21.7. The topological polar surface area (TPSA) is 113 Å². The van der Waals surface area contributed by atoms with Gasteiger partial charge in [0.05, 0.1) is 17.3 Å². The van der Waals surface area contributed by atoms with Gasteiger partial charge in [0.2, 0.25) is 11.8 Å². The van der Waals surface area contributed by atoms with Crippen LogP contribution in [0.3, 0.4) is 0 Å². The number of hydrogen-bond acceptors (Lipinski definition) is 5. The second-order valence-corrected chi connectivity index (χ2v) is 22.0. The number of carbonyl (C=O) groups excluding carboxylic acids is 3. The quantitative estimate of drug-likeness (QED) is 0.253. The van der Waals surface area contributed by atoms with Crippen LogP contribution in [-0.4, -0.2) is 59.0 Å². The molecule has 8 heteroatoms. The zero-order valence-corrected chi connectivity index (χ0v) is 34.7. The van der Waals surface area contributed by atoms with Gasteiger partial charge in [0.25, 0.3) is 0 Å². The predicted molar refractivity (Wildman–Crippen MR) is 205 cm³/mol. The molecular weight excluding hydrogens is 665 g/mol. The Balaban J connectivity index is 1.05. The lowest BCUT2D eigenvalue weighted by Crippen LogP contribution is -2.68. The largest absolute Gasteiger partial charge is 0.481 e. The maximum Gasteiger partial charge on any atom is 0.309 e. The van der Waals surface area contributed by atoms with Crippen molar-refractivity contribution in [3.63, 3.8) is 0 Å². The number of carboxylic acids is 1. The van der Waals surface area contributed by atoms with Crippen LogP contribution in [0.2, 0.25) is 0 Å². The Hall–Kier alpha value is -2.12. The number of rotatable bonds is 7. The fourth-order valence-corrected chi connectivity index (χ4v) is 15.0. The smallest absolute Gasteiger partial charge is 0.309 e. The third-order valence-electron chi connectivity index (χ3n) is 18.7. The van der Waals surface area contributed by atoms with Crippen molar-refractivity contribution in [1.29, 1.82) is 0 Å². The summed E-state index contributed by atoms with van der Waals surface area (Å²) in [5.41, 5.74) is -1.38. The zero-order chi connectivity index (χ0) is 38.6. The summed E-state index contributed by atoms with van der Waals surface area (Å²) in [6.45, 7) is 21.7. The average Bonchev–Trinajstić information content (AvgIpc) is 3.53. The summed E-state index contributed by atoms with van der Waals surface area (Å²) in [6, 6.07) is 0.0579. The van der Waals surface area contributed by atoms with Gasteiger partial charge in [0.15, 0.2) is 0 Å². The van der Waals surface area contributed by atoms with E-state index in [4.69, 9.17) is 4.74 Å². The first-order valence-electron chi connectivity index (χ1n) is 21.7. The van der Waals surface area contributed by atoms with Crippen LogP contribution in [0.5, 0.6) is 0 Å². The molecule has 7 aliphatic rings. The van der Waals surface area contributed by atoms with Crippen LogP contribution in [0.4, 0.5) is 0 Å². The Morgan fingerprint density at radius 1 is 0.736 bits per heavy atom. The number of likely N-dealkylation sites (tertiary alicyclic amines) is 1. The molecule has 8 nitrogen and oxygen atoms in total. The predicted octanol–water partition coefficient (Wildman–Crippen LogP) is 8.80. The Morgan fingerprint density at radius 3 is 2.09 bits per heavy atom. The molecule has 1 aliphatic heterocycles. The van der Waals surface area contributed by atoms with Crippen molar-refractivity contribution in [2.75, 3.05) is 13.1 Å². The highest BCUT2D eigenvalue weighted by Crippen LogP contribution is 2.77. The number of nitrogens with one attached hydrogen (secondary N) is 1. The van der Waals surface area contributed by atoms with Crippen LogP contribution in [0.25, 0.3) is 0 Å². The van der Waals surface area contributed by atoms with Crippen LogP contribution in [0.15, 0.2) is 0 Å². The van der Waals surface area contributed by atoms with E-state index >= 15 is 0 Å². The molecule has 2 N–H and O–H groups in total. The van der Waals surface area contributed by atoms with Crippen LogP contribution in [0, 0.1) is 67.5 Å². The molecule has 0 aromatic rings. The minimum atomic E-state index is -1.15. The lowest BCUT2D eigenvalue weighted by atomic mass is 9.32. The Labute approximate surface area is 320 Å². The number of esters is 1. The minimum Gasteiger partial charge on any atom is -0.481 e. The van der Waals surface area contributed by atoms with Crippen LogP contribution in [0.1, 0.15) is 165 Å². The molecule has 0 spiro atoms. The molecule has 7 fully saturated rings. The summed E-state index contributed by atoms with van der Waals surface area (Å²) in [6.07, 6.45) is 15.7. The molecule has 298 valence electrons. The summed E-state index contributed by atoms with van der Waals surface area (Å²) >= 11 is 0. The van der Waals surface area contributed by atoms with E-state index in [-0.39, 0.29) is 62.9 Å². The van der Waals surface area contributed by atoms with Crippen LogP contribution in [-0.2, 0) is 23.9 Å². The van der Waals surface area contributed by atoms with Gasteiger partial charge in [-0.3, -0.25) is 19.2 Å². The Morgan fingerprint density at radius 2 is 1.43 bits per heavy atom. The van der Waals surface area contributed by atoms with Gasteiger partial charge >= 0.3 is 11.9 Å². The van der Waals surface area contributed by atoms with E-state index in [9.17, 15) is 24.3 Å². The molecule has 6 aliphatic carbocycles. The van der Waals surface area contributed by atoms with Crippen molar-refractivity contribution in [3.05, 3.63) is 0 Å². The second-order valence-electron chi connectivity index (χ2n) is 22.0. The van der Waals surface area contributed by atoms with Gasteiger partial charge in [-0.25, -0.2) is 0 Å². The number of fused-ring (bicyclic) bond motifs is 7. The van der Waals surface area contributed by atoms with Crippen LogP contribution < -0.4 is 5.32 Å². The van der Waals surface area contributed by atoms with E-state index in [1.165, 1.54) is 19.3 Å². The van der Waals surface area contributed by atoms with Gasteiger partial charge in [-0.15, -0.1) is 0 Å². The van der Waals surface area contributed by atoms with E-state index in [1.54, 1.807) is 13.8 Å². The molecule has 2 amide bonds. The van der Waals surface area contributed by atoms with Gasteiger partial charge < -0.3 is 20.1 Å². The highest BCUT2D eigenvalue weighted by atomic mass is 16.5. The monoisotopic (exact) mass is 737 g/mol. The number of carboxylic acid groups (broad SMARTS) is 1. The lowest BCUT2D eigenvalue weighted by molar-refractivity contribution is -0.247. The van der Waals surface area contributed by atoms with Gasteiger partial charge in [-0.1, -0.05) is 54.9 Å². The van der Waals surface area contributed by atoms with Crippen LogP contribution >= 0.6 is 0 Å². The number of carbonyl (C=O) groups is 4.